The average molecular weight is 434 g/mol. The number of pyridine rings is 1. The second kappa shape index (κ2) is 9.80. The number of aromatic nitrogens is 1. The van der Waals surface area contributed by atoms with E-state index in [1.165, 1.54) is 0 Å². The van der Waals surface area contributed by atoms with Crippen LogP contribution < -0.4 is 27.6 Å². The molecule has 9 nitrogen and oxygen atoms in total. The lowest BCUT2D eigenvalue weighted by molar-refractivity contribution is -0.120. The maximum absolute atomic E-state index is 13.1. The van der Waals surface area contributed by atoms with Crippen molar-refractivity contribution in [1.82, 2.24) is 15.3 Å². The number of nitrogen functional groups attached to an aromatic ring is 2. The van der Waals surface area contributed by atoms with Crippen LogP contribution in [0.5, 0.6) is 0 Å². The SMILES string of the molecule is CN(C)Nc1c[nH]c(-c2cccc(N)c2)c(CC(=O)NCc2ccc(C(=N)N)cc2)c1=O. The van der Waals surface area contributed by atoms with Crippen molar-refractivity contribution in [2.24, 2.45) is 5.73 Å². The number of rotatable bonds is 8. The number of hydrazine groups is 1. The number of H-pyrrole nitrogens is 1. The Morgan fingerprint density at radius 3 is 2.50 bits per heavy atom. The van der Waals surface area contributed by atoms with E-state index in [1.807, 2.05) is 6.07 Å². The third-order valence-corrected chi connectivity index (χ3v) is 4.79. The van der Waals surface area contributed by atoms with Gasteiger partial charge in [-0.2, -0.15) is 0 Å². The first-order chi connectivity index (χ1) is 15.2. The summed E-state index contributed by atoms with van der Waals surface area (Å²) >= 11 is 0. The van der Waals surface area contributed by atoms with E-state index in [1.54, 1.807) is 67.8 Å². The highest BCUT2D eigenvalue weighted by atomic mass is 16.1. The molecule has 0 bridgehead atoms. The van der Waals surface area contributed by atoms with Crippen LogP contribution in [0.2, 0.25) is 0 Å². The van der Waals surface area contributed by atoms with Crippen molar-refractivity contribution < 1.29 is 4.79 Å². The zero-order valence-electron chi connectivity index (χ0n) is 18.0. The fraction of sp³-hybridized carbons (Fsp3) is 0.174. The summed E-state index contributed by atoms with van der Waals surface area (Å²) < 4.78 is 0. The topological polar surface area (TPSA) is 153 Å². The number of benzene rings is 2. The van der Waals surface area contributed by atoms with E-state index in [-0.39, 0.29) is 30.1 Å². The molecule has 3 aromatic rings. The molecule has 0 aliphatic carbocycles. The van der Waals surface area contributed by atoms with Crippen molar-refractivity contribution in [2.45, 2.75) is 13.0 Å². The molecule has 0 saturated carbocycles. The summed E-state index contributed by atoms with van der Waals surface area (Å²) in [5.41, 5.74) is 18.0. The van der Waals surface area contributed by atoms with Crippen molar-refractivity contribution >= 4 is 23.1 Å². The van der Waals surface area contributed by atoms with Gasteiger partial charge < -0.3 is 27.2 Å². The quantitative estimate of drug-likeness (QED) is 0.137. The van der Waals surface area contributed by atoms with E-state index in [4.69, 9.17) is 16.9 Å². The molecule has 8 N–H and O–H groups in total. The van der Waals surface area contributed by atoms with Gasteiger partial charge in [-0.15, -0.1) is 0 Å². The summed E-state index contributed by atoms with van der Waals surface area (Å²) in [6, 6.07) is 14.2. The Kier molecular flexibility index (Phi) is 6.91. The van der Waals surface area contributed by atoms with Crippen LogP contribution in [0.25, 0.3) is 11.3 Å². The van der Waals surface area contributed by atoms with Gasteiger partial charge in [-0.05, 0) is 17.7 Å². The second-order valence-electron chi connectivity index (χ2n) is 7.58. The minimum Gasteiger partial charge on any atom is -0.399 e. The number of amides is 1. The minimum atomic E-state index is -0.293. The number of amidine groups is 1. The number of hydrogen-bond donors (Lipinski definition) is 6. The third kappa shape index (κ3) is 5.52. The first kappa shape index (κ1) is 22.6. The van der Waals surface area contributed by atoms with Gasteiger partial charge in [0, 0.05) is 49.2 Å². The molecule has 0 aliphatic heterocycles. The first-order valence-electron chi connectivity index (χ1n) is 9.99. The highest BCUT2D eigenvalue weighted by Gasteiger charge is 2.17. The molecule has 9 heteroatoms. The monoisotopic (exact) mass is 433 g/mol. The lowest BCUT2D eigenvalue weighted by Gasteiger charge is -2.16. The van der Waals surface area contributed by atoms with Gasteiger partial charge in [0.2, 0.25) is 11.3 Å². The molecular weight excluding hydrogens is 406 g/mol. The van der Waals surface area contributed by atoms with Gasteiger partial charge in [0.1, 0.15) is 11.5 Å². The zero-order chi connectivity index (χ0) is 23.3. The van der Waals surface area contributed by atoms with Crippen LogP contribution in [0.1, 0.15) is 16.7 Å². The van der Waals surface area contributed by atoms with Gasteiger partial charge in [0.15, 0.2) is 0 Å². The fourth-order valence-electron chi connectivity index (χ4n) is 3.24. The molecule has 1 aromatic heterocycles. The van der Waals surface area contributed by atoms with Crippen LogP contribution in [0.4, 0.5) is 11.4 Å². The van der Waals surface area contributed by atoms with Crippen molar-refractivity contribution in [3.8, 4) is 11.3 Å². The molecule has 0 fully saturated rings. The van der Waals surface area contributed by atoms with E-state index < -0.39 is 0 Å². The van der Waals surface area contributed by atoms with E-state index in [0.29, 0.717) is 28.2 Å². The Hall–Kier alpha value is -4.11. The average Bonchev–Trinajstić information content (AvgIpc) is 2.75. The number of nitrogens with zero attached hydrogens (tertiary/aromatic N) is 1. The van der Waals surface area contributed by atoms with Crippen molar-refractivity contribution in [3.63, 3.8) is 0 Å². The number of nitrogens with one attached hydrogen (secondary N) is 4. The van der Waals surface area contributed by atoms with Crippen LogP contribution >= 0.6 is 0 Å². The van der Waals surface area contributed by atoms with Crippen LogP contribution in [-0.2, 0) is 17.8 Å². The Labute approximate surface area is 185 Å². The molecule has 0 atom stereocenters. The normalized spacial score (nSPS) is 10.7. The van der Waals surface area contributed by atoms with Crippen LogP contribution in [0.3, 0.4) is 0 Å². The highest BCUT2D eigenvalue weighted by molar-refractivity contribution is 5.94. The van der Waals surface area contributed by atoms with Crippen LogP contribution in [0.15, 0.2) is 59.5 Å². The molecule has 2 aromatic carbocycles. The number of hydrogen-bond acceptors (Lipinski definition) is 6. The maximum Gasteiger partial charge on any atom is 0.224 e. The lowest BCUT2D eigenvalue weighted by Crippen LogP contribution is -2.30. The van der Waals surface area contributed by atoms with E-state index in [0.717, 1.165) is 11.1 Å². The minimum absolute atomic E-state index is 0.0138. The van der Waals surface area contributed by atoms with Crippen molar-refractivity contribution in [3.05, 3.63) is 81.6 Å². The summed E-state index contributed by atoms with van der Waals surface area (Å²) in [5.74, 6) is -0.307. The summed E-state index contributed by atoms with van der Waals surface area (Å²) in [4.78, 5) is 29.0. The summed E-state index contributed by atoms with van der Waals surface area (Å²) in [7, 11) is 3.55. The van der Waals surface area contributed by atoms with Gasteiger partial charge in [0.05, 0.1) is 12.1 Å². The third-order valence-electron chi connectivity index (χ3n) is 4.79. The molecule has 0 saturated heterocycles. The Morgan fingerprint density at radius 1 is 1.16 bits per heavy atom. The van der Waals surface area contributed by atoms with Gasteiger partial charge in [-0.3, -0.25) is 15.0 Å². The van der Waals surface area contributed by atoms with Crippen LogP contribution in [0, 0.1) is 5.41 Å². The molecule has 0 spiro atoms. The molecule has 166 valence electrons. The molecule has 0 aliphatic rings. The Balaban J connectivity index is 1.84. The molecule has 1 heterocycles. The smallest absolute Gasteiger partial charge is 0.224 e. The summed E-state index contributed by atoms with van der Waals surface area (Å²) in [5, 5.41) is 11.9. The predicted molar refractivity (Wildman–Crippen MR) is 127 cm³/mol. The van der Waals surface area contributed by atoms with Crippen molar-refractivity contribution in [1.29, 1.82) is 5.41 Å². The standard InChI is InChI=1S/C23H27N7O2/c1-30(2)29-19-13-28-21(16-4-3-5-17(24)10-16)18(22(19)32)11-20(31)27-12-14-6-8-15(9-7-14)23(25)26/h3-10,13,29H,11-12,24H2,1-2H3,(H3,25,26)(H,27,31)(H,28,32). The summed E-state index contributed by atoms with van der Waals surface area (Å²) in [6.45, 7) is 0.290. The summed E-state index contributed by atoms with van der Waals surface area (Å²) in [6.07, 6.45) is 1.48. The molecule has 0 radical (unpaired) electrons. The number of nitrogens with two attached hydrogens (primary N) is 2. The number of aromatic amines is 1. The van der Waals surface area contributed by atoms with E-state index >= 15 is 0 Å². The van der Waals surface area contributed by atoms with Crippen LogP contribution in [-0.4, -0.2) is 35.8 Å². The number of carbonyl (C=O) groups is 1. The molecule has 0 unspecified atom stereocenters. The fourth-order valence-corrected chi connectivity index (χ4v) is 3.24. The van der Waals surface area contributed by atoms with E-state index in [2.05, 4.69) is 15.7 Å². The predicted octanol–water partition coefficient (Wildman–Crippen LogP) is 1.66. The Morgan fingerprint density at radius 2 is 1.88 bits per heavy atom. The second-order valence-corrected chi connectivity index (χ2v) is 7.58. The molecule has 1 amide bonds. The largest absolute Gasteiger partial charge is 0.399 e. The lowest BCUT2D eigenvalue weighted by atomic mass is 10.0. The zero-order valence-corrected chi connectivity index (χ0v) is 18.0. The van der Waals surface area contributed by atoms with Crippen molar-refractivity contribution in [2.75, 3.05) is 25.3 Å². The van der Waals surface area contributed by atoms with Gasteiger partial charge in [-0.25, -0.2) is 5.01 Å². The van der Waals surface area contributed by atoms with Gasteiger partial charge in [0.25, 0.3) is 0 Å². The van der Waals surface area contributed by atoms with E-state index in [9.17, 15) is 9.59 Å². The highest BCUT2D eigenvalue weighted by Crippen LogP contribution is 2.23. The Bertz CT molecular complexity index is 1180. The first-order valence-corrected chi connectivity index (χ1v) is 9.99. The molecule has 32 heavy (non-hydrogen) atoms. The molecule has 3 rings (SSSR count). The molecular formula is C23H27N7O2. The number of anilines is 2. The van der Waals surface area contributed by atoms with Gasteiger partial charge >= 0.3 is 0 Å². The number of carbonyl (C=O) groups excluding carboxylic acids is 1. The maximum atomic E-state index is 13.1. The van der Waals surface area contributed by atoms with Gasteiger partial charge in [-0.1, -0.05) is 36.4 Å².